The van der Waals surface area contributed by atoms with Crippen molar-refractivity contribution < 1.29 is 0 Å². The molecule has 0 saturated heterocycles. The Morgan fingerprint density at radius 3 is 2.56 bits per heavy atom. The molecule has 0 radical (unpaired) electrons. The number of rotatable bonds is 2. The Kier molecular flexibility index (Phi) is 2.61. The third kappa shape index (κ3) is 2.00. The lowest BCUT2D eigenvalue weighted by Gasteiger charge is -2.05. The van der Waals surface area contributed by atoms with Crippen molar-refractivity contribution in [1.29, 1.82) is 0 Å². The molecular formula is C14H12N4. The van der Waals surface area contributed by atoms with Gasteiger partial charge in [-0.1, -0.05) is 18.2 Å². The van der Waals surface area contributed by atoms with Gasteiger partial charge in [0.1, 0.15) is 0 Å². The molecule has 2 N–H and O–H groups in total. The van der Waals surface area contributed by atoms with Crippen LogP contribution in [0.5, 0.6) is 0 Å². The average molecular weight is 236 g/mol. The molecule has 3 aromatic rings. The number of nitrogens with two attached hydrogens (primary N) is 1. The van der Waals surface area contributed by atoms with Crippen LogP contribution in [0.15, 0.2) is 48.9 Å². The van der Waals surface area contributed by atoms with Crippen molar-refractivity contribution in [3.63, 3.8) is 0 Å². The molecule has 0 fully saturated rings. The van der Waals surface area contributed by atoms with Crippen LogP contribution >= 0.6 is 0 Å². The van der Waals surface area contributed by atoms with E-state index in [1.807, 2.05) is 30.5 Å². The predicted octanol–water partition coefficient (Wildman–Crippen LogP) is 2.20. The number of hydrogen-bond acceptors (Lipinski definition) is 4. The van der Waals surface area contributed by atoms with Gasteiger partial charge in [0, 0.05) is 30.4 Å². The number of anilines is 1. The highest BCUT2D eigenvalue weighted by molar-refractivity contribution is 5.82. The molecule has 88 valence electrons. The van der Waals surface area contributed by atoms with Crippen LogP contribution in [0.3, 0.4) is 0 Å². The zero-order valence-electron chi connectivity index (χ0n) is 9.74. The Morgan fingerprint density at radius 2 is 1.72 bits per heavy atom. The van der Waals surface area contributed by atoms with Gasteiger partial charge < -0.3 is 5.73 Å². The van der Waals surface area contributed by atoms with Crippen molar-refractivity contribution in [1.82, 2.24) is 15.0 Å². The Morgan fingerprint density at radius 1 is 0.944 bits per heavy atom. The van der Waals surface area contributed by atoms with Gasteiger partial charge in [-0.25, -0.2) is 9.97 Å². The first-order valence-corrected chi connectivity index (χ1v) is 5.72. The van der Waals surface area contributed by atoms with Crippen molar-refractivity contribution in [2.24, 2.45) is 0 Å². The maximum atomic E-state index is 5.48. The molecule has 0 aliphatic rings. The lowest BCUT2D eigenvalue weighted by molar-refractivity contribution is 1.09. The second-order valence-electron chi connectivity index (χ2n) is 4.11. The van der Waals surface area contributed by atoms with Crippen LogP contribution in [-0.4, -0.2) is 15.0 Å². The SMILES string of the molecule is Nc1ncc(Cc2ccnc3ccccc23)cn1. The molecule has 0 amide bonds. The number of nitrogen functional groups attached to an aromatic ring is 1. The molecule has 4 heteroatoms. The fraction of sp³-hybridized carbons (Fsp3) is 0.0714. The molecule has 0 aliphatic carbocycles. The van der Waals surface area contributed by atoms with E-state index in [1.54, 1.807) is 12.4 Å². The van der Waals surface area contributed by atoms with Crippen LogP contribution in [0.1, 0.15) is 11.1 Å². The van der Waals surface area contributed by atoms with Crippen LogP contribution in [0.2, 0.25) is 0 Å². The van der Waals surface area contributed by atoms with Gasteiger partial charge in [0.2, 0.25) is 5.95 Å². The van der Waals surface area contributed by atoms with Gasteiger partial charge in [-0.2, -0.15) is 0 Å². The summed E-state index contributed by atoms with van der Waals surface area (Å²) >= 11 is 0. The summed E-state index contributed by atoms with van der Waals surface area (Å²) in [6.07, 6.45) is 6.13. The summed E-state index contributed by atoms with van der Waals surface area (Å²) in [6, 6.07) is 10.1. The average Bonchev–Trinajstić information content (AvgIpc) is 2.42. The van der Waals surface area contributed by atoms with Gasteiger partial charge in [-0.05, 0) is 23.3 Å². The summed E-state index contributed by atoms with van der Waals surface area (Å²) in [7, 11) is 0. The summed E-state index contributed by atoms with van der Waals surface area (Å²) in [5.41, 5.74) is 8.74. The minimum atomic E-state index is 0.304. The highest BCUT2D eigenvalue weighted by Gasteiger charge is 2.03. The lowest BCUT2D eigenvalue weighted by Crippen LogP contribution is -1.97. The van der Waals surface area contributed by atoms with Crippen molar-refractivity contribution >= 4 is 16.9 Å². The van der Waals surface area contributed by atoms with Crippen LogP contribution in [0.25, 0.3) is 10.9 Å². The Hall–Kier alpha value is -2.49. The molecule has 18 heavy (non-hydrogen) atoms. The highest BCUT2D eigenvalue weighted by atomic mass is 15.0. The molecule has 0 bridgehead atoms. The first kappa shape index (κ1) is 10.7. The van der Waals surface area contributed by atoms with Crippen molar-refractivity contribution in [3.05, 3.63) is 60.0 Å². The van der Waals surface area contributed by atoms with E-state index >= 15 is 0 Å². The molecule has 3 rings (SSSR count). The van der Waals surface area contributed by atoms with E-state index < -0.39 is 0 Å². The molecule has 0 atom stereocenters. The first-order chi connectivity index (χ1) is 8.83. The molecule has 0 spiro atoms. The largest absolute Gasteiger partial charge is 0.368 e. The number of benzene rings is 1. The highest BCUT2D eigenvalue weighted by Crippen LogP contribution is 2.18. The molecule has 0 unspecified atom stereocenters. The third-order valence-electron chi connectivity index (χ3n) is 2.86. The van der Waals surface area contributed by atoms with E-state index in [1.165, 1.54) is 5.56 Å². The maximum absolute atomic E-state index is 5.48. The predicted molar refractivity (Wildman–Crippen MR) is 71.0 cm³/mol. The van der Waals surface area contributed by atoms with Gasteiger partial charge >= 0.3 is 0 Å². The molecule has 4 nitrogen and oxygen atoms in total. The molecule has 2 heterocycles. The molecule has 0 aliphatic heterocycles. The minimum absolute atomic E-state index is 0.304. The van der Waals surface area contributed by atoms with Crippen molar-refractivity contribution in [3.8, 4) is 0 Å². The summed E-state index contributed by atoms with van der Waals surface area (Å²) in [5, 5.41) is 1.16. The normalized spacial score (nSPS) is 10.7. The van der Waals surface area contributed by atoms with Gasteiger partial charge in [0.05, 0.1) is 5.52 Å². The van der Waals surface area contributed by atoms with Crippen molar-refractivity contribution in [2.45, 2.75) is 6.42 Å². The molecule has 0 saturated carbocycles. The van der Waals surface area contributed by atoms with Gasteiger partial charge in [-0.15, -0.1) is 0 Å². The Bertz CT molecular complexity index is 671. The summed E-state index contributed by atoms with van der Waals surface area (Å²) in [6.45, 7) is 0. The Balaban J connectivity index is 2.02. The van der Waals surface area contributed by atoms with E-state index in [9.17, 15) is 0 Å². The van der Waals surface area contributed by atoms with Crippen LogP contribution < -0.4 is 5.73 Å². The molecule has 2 aromatic heterocycles. The number of para-hydroxylation sites is 1. The smallest absolute Gasteiger partial charge is 0.219 e. The van der Waals surface area contributed by atoms with E-state index in [2.05, 4.69) is 21.0 Å². The summed E-state index contributed by atoms with van der Waals surface area (Å²) < 4.78 is 0. The quantitative estimate of drug-likeness (QED) is 0.740. The number of pyridine rings is 1. The standard InChI is InChI=1S/C14H12N4/c15-14-17-8-10(9-18-14)7-11-5-6-16-13-4-2-1-3-12(11)13/h1-6,8-9H,7H2,(H2,15,17,18). The topological polar surface area (TPSA) is 64.7 Å². The van der Waals surface area contributed by atoms with Crippen molar-refractivity contribution in [2.75, 3.05) is 5.73 Å². The molecule has 1 aromatic carbocycles. The lowest BCUT2D eigenvalue weighted by atomic mass is 10.0. The monoisotopic (exact) mass is 236 g/mol. The fourth-order valence-corrected chi connectivity index (χ4v) is 1.99. The van der Waals surface area contributed by atoms with Gasteiger partial charge in [0.25, 0.3) is 0 Å². The number of aromatic nitrogens is 3. The van der Waals surface area contributed by atoms with Crippen LogP contribution in [0, 0.1) is 0 Å². The minimum Gasteiger partial charge on any atom is -0.368 e. The number of hydrogen-bond donors (Lipinski definition) is 1. The van der Waals surface area contributed by atoms with Crippen LogP contribution in [-0.2, 0) is 6.42 Å². The van der Waals surface area contributed by atoms with Gasteiger partial charge in [0.15, 0.2) is 0 Å². The zero-order chi connectivity index (χ0) is 12.4. The maximum Gasteiger partial charge on any atom is 0.219 e. The number of nitrogens with zero attached hydrogens (tertiary/aromatic N) is 3. The van der Waals surface area contributed by atoms with E-state index in [0.717, 1.165) is 22.9 Å². The molecular weight excluding hydrogens is 224 g/mol. The fourth-order valence-electron chi connectivity index (χ4n) is 1.99. The van der Waals surface area contributed by atoms with E-state index in [-0.39, 0.29) is 0 Å². The second kappa shape index (κ2) is 4.41. The van der Waals surface area contributed by atoms with Crippen LogP contribution in [0.4, 0.5) is 5.95 Å². The first-order valence-electron chi connectivity index (χ1n) is 5.72. The second-order valence-corrected chi connectivity index (χ2v) is 4.11. The summed E-state index contributed by atoms with van der Waals surface area (Å²) in [4.78, 5) is 12.4. The summed E-state index contributed by atoms with van der Waals surface area (Å²) in [5.74, 6) is 0.304. The van der Waals surface area contributed by atoms with E-state index in [4.69, 9.17) is 5.73 Å². The number of fused-ring (bicyclic) bond motifs is 1. The van der Waals surface area contributed by atoms with Gasteiger partial charge in [-0.3, -0.25) is 4.98 Å². The zero-order valence-corrected chi connectivity index (χ0v) is 9.74. The Labute approximate surface area is 105 Å². The van der Waals surface area contributed by atoms with E-state index in [0.29, 0.717) is 5.95 Å². The third-order valence-corrected chi connectivity index (χ3v) is 2.86.